The maximum Gasteiger partial charge on any atom is 0.316 e. The highest BCUT2D eigenvalue weighted by Crippen LogP contribution is 2.08. The van der Waals surface area contributed by atoms with E-state index in [2.05, 4.69) is 30.8 Å². The standard InChI is InChI=1S/C9H14BrN3O/c1-13(2)4-3-5-14-9-11-6-8(10)7-12-9/h6-7H,3-5H2,1-2H3. The lowest BCUT2D eigenvalue weighted by atomic mass is 10.4. The molecule has 0 fully saturated rings. The molecule has 4 nitrogen and oxygen atoms in total. The van der Waals surface area contributed by atoms with E-state index in [9.17, 15) is 0 Å². The van der Waals surface area contributed by atoms with Crippen LogP contribution in [0.15, 0.2) is 16.9 Å². The molecule has 0 aliphatic heterocycles. The van der Waals surface area contributed by atoms with E-state index in [1.54, 1.807) is 12.4 Å². The number of ether oxygens (including phenoxy) is 1. The fourth-order valence-corrected chi connectivity index (χ4v) is 1.12. The van der Waals surface area contributed by atoms with Gasteiger partial charge in [0.25, 0.3) is 0 Å². The lowest BCUT2D eigenvalue weighted by Gasteiger charge is -2.08. The summed E-state index contributed by atoms with van der Waals surface area (Å²) in [5.41, 5.74) is 0. The van der Waals surface area contributed by atoms with Gasteiger partial charge in [-0.1, -0.05) is 0 Å². The van der Waals surface area contributed by atoms with Crippen molar-refractivity contribution in [3.63, 3.8) is 0 Å². The molecule has 0 aliphatic rings. The summed E-state index contributed by atoms with van der Waals surface area (Å²) in [6, 6.07) is 0.437. The van der Waals surface area contributed by atoms with E-state index in [0.29, 0.717) is 12.6 Å². The lowest BCUT2D eigenvalue weighted by molar-refractivity contribution is 0.263. The first-order valence-electron chi connectivity index (χ1n) is 4.43. The highest BCUT2D eigenvalue weighted by molar-refractivity contribution is 9.10. The molecule has 0 saturated heterocycles. The van der Waals surface area contributed by atoms with Gasteiger partial charge in [0.05, 0.1) is 11.1 Å². The first-order chi connectivity index (χ1) is 6.68. The molecule has 0 spiro atoms. The van der Waals surface area contributed by atoms with Crippen LogP contribution in [0.5, 0.6) is 6.01 Å². The van der Waals surface area contributed by atoms with E-state index in [0.717, 1.165) is 17.4 Å². The van der Waals surface area contributed by atoms with Crippen molar-refractivity contribution in [2.24, 2.45) is 0 Å². The number of nitrogens with zero attached hydrogens (tertiary/aromatic N) is 3. The average molecular weight is 260 g/mol. The smallest absolute Gasteiger partial charge is 0.316 e. The Morgan fingerprint density at radius 1 is 1.36 bits per heavy atom. The van der Waals surface area contributed by atoms with Crippen LogP contribution in [-0.4, -0.2) is 42.1 Å². The van der Waals surface area contributed by atoms with Gasteiger partial charge in [0.2, 0.25) is 0 Å². The van der Waals surface area contributed by atoms with Crippen LogP contribution in [0.3, 0.4) is 0 Å². The van der Waals surface area contributed by atoms with Gasteiger partial charge in [0.15, 0.2) is 0 Å². The molecule has 0 amide bonds. The second-order valence-electron chi connectivity index (χ2n) is 3.19. The van der Waals surface area contributed by atoms with Gasteiger partial charge in [-0.15, -0.1) is 0 Å². The molecule has 1 heterocycles. The zero-order valence-corrected chi connectivity index (χ0v) is 9.99. The Hall–Kier alpha value is -0.680. The summed E-state index contributed by atoms with van der Waals surface area (Å²) in [5, 5.41) is 0. The second-order valence-corrected chi connectivity index (χ2v) is 4.10. The maximum atomic E-state index is 5.34. The Morgan fingerprint density at radius 3 is 2.57 bits per heavy atom. The molecule has 78 valence electrons. The predicted octanol–water partition coefficient (Wildman–Crippen LogP) is 1.57. The third-order valence-corrected chi connectivity index (χ3v) is 1.99. The molecule has 1 aromatic rings. The minimum absolute atomic E-state index is 0.437. The zero-order valence-electron chi connectivity index (χ0n) is 8.40. The van der Waals surface area contributed by atoms with Gasteiger partial charge in [-0.25, -0.2) is 9.97 Å². The lowest BCUT2D eigenvalue weighted by Crippen LogP contribution is -2.15. The number of halogens is 1. The quantitative estimate of drug-likeness (QED) is 0.753. The Kier molecular flexibility index (Phi) is 4.82. The molecule has 0 N–H and O–H groups in total. The molecule has 0 saturated carbocycles. The van der Waals surface area contributed by atoms with Crippen molar-refractivity contribution < 1.29 is 4.74 Å². The van der Waals surface area contributed by atoms with Gasteiger partial charge in [0.1, 0.15) is 0 Å². The first kappa shape index (κ1) is 11.4. The van der Waals surface area contributed by atoms with Crippen molar-refractivity contribution in [1.82, 2.24) is 14.9 Å². The molecular formula is C9H14BrN3O. The van der Waals surface area contributed by atoms with Crippen LogP contribution in [-0.2, 0) is 0 Å². The summed E-state index contributed by atoms with van der Waals surface area (Å²) in [7, 11) is 4.08. The molecule has 0 bridgehead atoms. The number of hydrogen-bond acceptors (Lipinski definition) is 4. The minimum atomic E-state index is 0.437. The van der Waals surface area contributed by atoms with Crippen molar-refractivity contribution in [1.29, 1.82) is 0 Å². The van der Waals surface area contributed by atoms with Gasteiger partial charge in [-0.2, -0.15) is 0 Å². The average Bonchev–Trinajstić information content (AvgIpc) is 2.15. The van der Waals surface area contributed by atoms with E-state index in [-0.39, 0.29) is 0 Å². The predicted molar refractivity (Wildman–Crippen MR) is 58.4 cm³/mol. The molecule has 14 heavy (non-hydrogen) atoms. The molecule has 5 heteroatoms. The summed E-state index contributed by atoms with van der Waals surface area (Å²) in [4.78, 5) is 10.1. The minimum Gasteiger partial charge on any atom is -0.463 e. The molecule has 0 atom stereocenters. The first-order valence-corrected chi connectivity index (χ1v) is 5.23. The van der Waals surface area contributed by atoms with E-state index < -0.39 is 0 Å². The summed E-state index contributed by atoms with van der Waals surface area (Å²) < 4.78 is 6.20. The summed E-state index contributed by atoms with van der Waals surface area (Å²) in [6.45, 7) is 1.66. The fourth-order valence-electron chi connectivity index (χ4n) is 0.919. The maximum absolute atomic E-state index is 5.34. The Labute approximate surface area is 92.4 Å². The Morgan fingerprint density at radius 2 is 2.00 bits per heavy atom. The molecule has 1 rings (SSSR count). The van der Waals surface area contributed by atoms with Crippen LogP contribution >= 0.6 is 15.9 Å². The summed E-state index contributed by atoms with van der Waals surface area (Å²) in [6.07, 6.45) is 4.33. The van der Waals surface area contributed by atoms with E-state index >= 15 is 0 Å². The molecule has 1 aromatic heterocycles. The largest absolute Gasteiger partial charge is 0.463 e. The second kappa shape index (κ2) is 5.93. The van der Waals surface area contributed by atoms with Crippen molar-refractivity contribution in [2.75, 3.05) is 27.2 Å². The number of aromatic nitrogens is 2. The van der Waals surface area contributed by atoms with Crippen molar-refractivity contribution in [3.8, 4) is 6.01 Å². The monoisotopic (exact) mass is 259 g/mol. The molecule has 0 radical (unpaired) electrons. The van der Waals surface area contributed by atoms with Crippen molar-refractivity contribution in [3.05, 3.63) is 16.9 Å². The highest BCUT2D eigenvalue weighted by atomic mass is 79.9. The van der Waals surface area contributed by atoms with Crippen LogP contribution in [0.2, 0.25) is 0 Å². The third kappa shape index (κ3) is 4.53. The highest BCUT2D eigenvalue weighted by Gasteiger charge is 1.97. The van der Waals surface area contributed by atoms with Gasteiger partial charge < -0.3 is 9.64 Å². The Balaban J connectivity index is 2.21. The third-order valence-electron chi connectivity index (χ3n) is 1.58. The molecule has 0 aliphatic carbocycles. The van der Waals surface area contributed by atoms with Gasteiger partial charge >= 0.3 is 6.01 Å². The molecule has 0 aromatic carbocycles. The van der Waals surface area contributed by atoms with Crippen LogP contribution in [0.4, 0.5) is 0 Å². The zero-order chi connectivity index (χ0) is 10.4. The molecule has 0 unspecified atom stereocenters. The van der Waals surface area contributed by atoms with Crippen LogP contribution < -0.4 is 4.74 Å². The van der Waals surface area contributed by atoms with E-state index in [1.165, 1.54) is 0 Å². The van der Waals surface area contributed by atoms with E-state index in [1.807, 2.05) is 14.1 Å². The van der Waals surface area contributed by atoms with Crippen LogP contribution in [0, 0.1) is 0 Å². The summed E-state index contributed by atoms with van der Waals surface area (Å²) in [5.74, 6) is 0. The topological polar surface area (TPSA) is 38.2 Å². The normalized spacial score (nSPS) is 10.6. The van der Waals surface area contributed by atoms with Crippen molar-refractivity contribution >= 4 is 15.9 Å². The van der Waals surface area contributed by atoms with Gasteiger partial charge in [-0.05, 0) is 36.4 Å². The van der Waals surface area contributed by atoms with Crippen molar-refractivity contribution in [2.45, 2.75) is 6.42 Å². The number of rotatable bonds is 5. The Bertz CT molecular complexity index is 263. The number of hydrogen-bond donors (Lipinski definition) is 0. The van der Waals surface area contributed by atoms with Crippen LogP contribution in [0.25, 0.3) is 0 Å². The van der Waals surface area contributed by atoms with E-state index in [4.69, 9.17) is 4.74 Å². The summed E-state index contributed by atoms with van der Waals surface area (Å²) >= 11 is 3.26. The fraction of sp³-hybridized carbons (Fsp3) is 0.556. The van der Waals surface area contributed by atoms with Crippen LogP contribution in [0.1, 0.15) is 6.42 Å². The molecular weight excluding hydrogens is 246 g/mol. The SMILES string of the molecule is CN(C)CCCOc1ncc(Br)cn1. The van der Waals surface area contributed by atoms with Gasteiger partial charge in [-0.3, -0.25) is 0 Å². The van der Waals surface area contributed by atoms with Gasteiger partial charge in [0, 0.05) is 18.9 Å².